The zero-order chi connectivity index (χ0) is 39.3. The SMILES string of the molecule is Cc1cc(N(c2ccc(-c3ccccc3)cc2)c2cccc3c2-c2ccccc2C3(C)C)ccc1-c1cccc2c1C1(c3ccccc3-2)C(C)CC2CC(C)CC1C2. The molecule has 0 radical (unpaired) electrons. The number of benzene rings is 7. The Morgan fingerprint density at radius 3 is 1.90 bits per heavy atom. The summed E-state index contributed by atoms with van der Waals surface area (Å²) in [5.41, 5.74) is 21.6. The van der Waals surface area contributed by atoms with Gasteiger partial charge in [0.25, 0.3) is 0 Å². The molecule has 11 rings (SSSR count). The van der Waals surface area contributed by atoms with Gasteiger partial charge in [-0.25, -0.2) is 0 Å². The normalized spacial score (nSPS) is 23.2. The van der Waals surface area contributed by atoms with Crippen LogP contribution < -0.4 is 4.90 Å². The molecule has 1 spiro atoms. The Morgan fingerprint density at radius 2 is 1.12 bits per heavy atom. The maximum absolute atomic E-state index is 2.59. The molecule has 0 N–H and O–H groups in total. The van der Waals surface area contributed by atoms with Gasteiger partial charge in [0, 0.05) is 27.8 Å². The summed E-state index contributed by atoms with van der Waals surface area (Å²) in [4.78, 5) is 2.52. The second-order valence-corrected chi connectivity index (χ2v) is 18.8. The third-order valence-corrected chi connectivity index (χ3v) is 15.1. The highest BCUT2D eigenvalue weighted by Crippen LogP contribution is 2.66. The fourth-order valence-electron chi connectivity index (χ4n) is 12.9. The van der Waals surface area contributed by atoms with Gasteiger partial charge < -0.3 is 4.90 Å². The number of nitrogens with zero attached hydrogens (tertiary/aromatic N) is 1. The molecule has 1 heteroatoms. The van der Waals surface area contributed by atoms with Crippen molar-refractivity contribution in [3.8, 4) is 44.5 Å². The minimum atomic E-state index is -0.0851. The highest BCUT2D eigenvalue weighted by molar-refractivity contribution is 5.96. The molecule has 5 atom stereocenters. The Bertz CT molecular complexity index is 2710. The maximum Gasteiger partial charge on any atom is 0.0543 e. The summed E-state index contributed by atoms with van der Waals surface area (Å²) in [6.07, 6.45) is 5.39. The summed E-state index contributed by atoms with van der Waals surface area (Å²) in [7, 11) is 0. The predicted molar refractivity (Wildman–Crippen MR) is 244 cm³/mol. The minimum Gasteiger partial charge on any atom is -0.310 e. The molecular formula is C57H53N. The summed E-state index contributed by atoms with van der Waals surface area (Å²) in [5.74, 6) is 2.88. The summed E-state index contributed by atoms with van der Waals surface area (Å²) in [6, 6.07) is 59.9. The molecule has 0 aromatic heterocycles. The van der Waals surface area contributed by atoms with Crippen molar-refractivity contribution in [2.75, 3.05) is 4.90 Å². The van der Waals surface area contributed by atoms with Crippen molar-refractivity contribution in [1.29, 1.82) is 0 Å². The van der Waals surface area contributed by atoms with Crippen LogP contribution in [0.1, 0.15) is 81.2 Å². The molecule has 1 nitrogen and oxygen atoms in total. The number of hydrogen-bond donors (Lipinski definition) is 0. The average molecular weight is 752 g/mol. The summed E-state index contributed by atoms with van der Waals surface area (Å²) < 4.78 is 0. The Kier molecular flexibility index (Phi) is 8.07. The van der Waals surface area contributed by atoms with Crippen LogP contribution in [0.25, 0.3) is 44.5 Å². The largest absolute Gasteiger partial charge is 0.310 e. The van der Waals surface area contributed by atoms with Gasteiger partial charge in [0.05, 0.1) is 5.69 Å². The molecule has 7 aromatic carbocycles. The van der Waals surface area contributed by atoms with E-state index in [0.29, 0.717) is 11.8 Å². The van der Waals surface area contributed by atoms with Crippen molar-refractivity contribution in [1.82, 2.24) is 0 Å². The van der Waals surface area contributed by atoms with E-state index in [1.165, 1.54) is 98.3 Å². The second-order valence-electron chi connectivity index (χ2n) is 18.8. The van der Waals surface area contributed by atoms with Crippen molar-refractivity contribution in [3.05, 3.63) is 186 Å². The highest BCUT2D eigenvalue weighted by atomic mass is 15.1. The smallest absolute Gasteiger partial charge is 0.0543 e. The fourth-order valence-corrected chi connectivity index (χ4v) is 12.9. The van der Waals surface area contributed by atoms with Crippen molar-refractivity contribution in [2.24, 2.45) is 23.7 Å². The quantitative estimate of drug-likeness (QED) is 0.169. The number of hydrogen-bond acceptors (Lipinski definition) is 1. The molecule has 4 aliphatic rings. The van der Waals surface area contributed by atoms with Gasteiger partial charge in [0.2, 0.25) is 0 Å². The minimum absolute atomic E-state index is 0.0378. The van der Waals surface area contributed by atoms with Crippen LogP contribution in [-0.4, -0.2) is 0 Å². The number of anilines is 3. The molecule has 286 valence electrons. The molecule has 4 aliphatic carbocycles. The van der Waals surface area contributed by atoms with Gasteiger partial charge in [-0.2, -0.15) is 0 Å². The van der Waals surface area contributed by atoms with Crippen LogP contribution in [0.2, 0.25) is 0 Å². The van der Waals surface area contributed by atoms with Gasteiger partial charge in [-0.1, -0.05) is 155 Å². The van der Waals surface area contributed by atoms with Crippen molar-refractivity contribution in [3.63, 3.8) is 0 Å². The molecular weight excluding hydrogens is 699 g/mol. The van der Waals surface area contributed by atoms with Gasteiger partial charge in [-0.05, 0) is 153 Å². The molecule has 0 aliphatic heterocycles. The molecule has 0 amide bonds. The number of rotatable bonds is 5. The molecule has 5 unspecified atom stereocenters. The first-order valence-electron chi connectivity index (χ1n) is 21.8. The lowest BCUT2D eigenvalue weighted by Gasteiger charge is -2.55. The van der Waals surface area contributed by atoms with Crippen molar-refractivity contribution >= 4 is 17.1 Å². The van der Waals surface area contributed by atoms with Gasteiger partial charge in [-0.3, -0.25) is 0 Å². The Morgan fingerprint density at radius 1 is 0.500 bits per heavy atom. The lowest BCUT2D eigenvalue weighted by molar-refractivity contribution is 0.0429. The lowest BCUT2D eigenvalue weighted by atomic mass is 9.49. The van der Waals surface area contributed by atoms with Crippen LogP contribution in [0, 0.1) is 30.6 Å². The molecule has 0 saturated heterocycles. The zero-order valence-corrected chi connectivity index (χ0v) is 34.6. The topological polar surface area (TPSA) is 3.24 Å². The van der Waals surface area contributed by atoms with E-state index in [9.17, 15) is 0 Å². The standard InChI is InChI=1S/C57H53N/c1-36-31-39-34-38(3)57(42(32-36)35-39)51-22-12-9-17-46(51)48-20-13-19-47(55(48)57)45-30-29-44(33-37(45)2)58(43-27-25-41(26-28-43)40-15-7-6-8-16-40)53-24-14-23-52-54(53)49-18-10-11-21-50(49)56(52,4)5/h6-30,33,36,38-39,42H,31-32,34-35H2,1-5H3. The van der Waals surface area contributed by atoms with Crippen LogP contribution in [0.3, 0.4) is 0 Å². The average Bonchev–Trinajstić information content (AvgIpc) is 3.68. The molecule has 0 heterocycles. The van der Waals surface area contributed by atoms with Gasteiger partial charge in [0.1, 0.15) is 0 Å². The monoisotopic (exact) mass is 751 g/mol. The summed E-state index contributed by atoms with van der Waals surface area (Å²) in [5, 5.41) is 0. The molecule has 58 heavy (non-hydrogen) atoms. The second kappa shape index (κ2) is 13.2. The first-order chi connectivity index (χ1) is 28.2. The van der Waals surface area contributed by atoms with Crippen molar-refractivity contribution in [2.45, 2.75) is 71.1 Å². The first-order valence-corrected chi connectivity index (χ1v) is 21.8. The van der Waals surface area contributed by atoms with Crippen LogP contribution in [0.15, 0.2) is 158 Å². The van der Waals surface area contributed by atoms with E-state index < -0.39 is 0 Å². The van der Waals surface area contributed by atoms with E-state index in [4.69, 9.17) is 0 Å². The molecule has 2 fully saturated rings. The van der Waals surface area contributed by atoms with Crippen LogP contribution in [0.4, 0.5) is 17.1 Å². The number of fused-ring (bicyclic) bond motifs is 11. The van der Waals surface area contributed by atoms with Gasteiger partial charge in [0.15, 0.2) is 0 Å². The number of aryl methyl sites for hydroxylation is 1. The highest BCUT2D eigenvalue weighted by Gasteiger charge is 2.57. The third kappa shape index (κ3) is 5.08. The molecule has 2 saturated carbocycles. The van der Waals surface area contributed by atoms with E-state index in [1.54, 1.807) is 11.1 Å². The van der Waals surface area contributed by atoms with E-state index in [1.807, 2.05) is 0 Å². The Balaban J connectivity index is 1.09. The summed E-state index contributed by atoms with van der Waals surface area (Å²) in [6.45, 7) is 12.2. The van der Waals surface area contributed by atoms with Crippen LogP contribution in [-0.2, 0) is 10.8 Å². The van der Waals surface area contributed by atoms with Gasteiger partial charge in [-0.15, -0.1) is 0 Å². The molecule has 2 bridgehead atoms. The van der Waals surface area contributed by atoms with E-state index in [2.05, 4.69) is 197 Å². The first kappa shape index (κ1) is 35.5. The van der Waals surface area contributed by atoms with E-state index in [0.717, 1.165) is 17.5 Å². The lowest BCUT2D eigenvalue weighted by Crippen LogP contribution is -2.49. The predicted octanol–water partition coefficient (Wildman–Crippen LogP) is 15.5. The fraction of sp³-hybridized carbons (Fsp3) is 0.263. The van der Waals surface area contributed by atoms with Crippen LogP contribution in [0.5, 0.6) is 0 Å². The van der Waals surface area contributed by atoms with Crippen LogP contribution >= 0.6 is 0 Å². The maximum atomic E-state index is 2.59. The molecule has 7 aromatic rings. The Hall–Kier alpha value is -5.66. The zero-order valence-electron chi connectivity index (χ0n) is 34.6. The van der Waals surface area contributed by atoms with E-state index in [-0.39, 0.29) is 10.8 Å². The van der Waals surface area contributed by atoms with Gasteiger partial charge >= 0.3 is 0 Å². The Labute approximate surface area is 345 Å². The summed E-state index contributed by atoms with van der Waals surface area (Å²) >= 11 is 0. The van der Waals surface area contributed by atoms with E-state index >= 15 is 0 Å². The van der Waals surface area contributed by atoms with Crippen molar-refractivity contribution < 1.29 is 0 Å². The third-order valence-electron chi connectivity index (χ3n) is 15.1.